The van der Waals surface area contributed by atoms with Gasteiger partial charge < -0.3 is 15.8 Å². The number of hydrogen-bond donors (Lipinski definition) is 2. The van der Waals surface area contributed by atoms with E-state index in [-0.39, 0.29) is 6.54 Å². The number of nitrogens with one attached hydrogen (secondary N) is 1. The summed E-state index contributed by atoms with van der Waals surface area (Å²) in [6, 6.07) is 5.77. The Bertz CT molecular complexity index is 456. The second-order valence-electron chi connectivity index (χ2n) is 4.27. The number of amides is 2. The van der Waals surface area contributed by atoms with Gasteiger partial charge >= 0.3 is 11.8 Å². The lowest BCUT2D eigenvalue weighted by Gasteiger charge is -2.12. The number of nitrogens with two attached hydrogens (primary N) is 1. The van der Waals surface area contributed by atoms with Crippen molar-refractivity contribution in [3.05, 3.63) is 29.3 Å². The van der Waals surface area contributed by atoms with Crippen molar-refractivity contribution in [2.75, 3.05) is 7.11 Å². The van der Waals surface area contributed by atoms with Crippen molar-refractivity contribution in [2.45, 2.75) is 26.3 Å². The highest BCUT2D eigenvalue weighted by Crippen LogP contribution is 2.24. The van der Waals surface area contributed by atoms with Crippen LogP contribution in [0.15, 0.2) is 18.2 Å². The first kappa shape index (κ1) is 14.0. The predicted octanol–water partition coefficient (Wildman–Crippen LogP) is 0.920. The molecule has 1 rings (SSSR count). The summed E-state index contributed by atoms with van der Waals surface area (Å²) in [7, 11) is 1.57. The Morgan fingerprint density at radius 1 is 1.39 bits per heavy atom. The molecule has 2 amide bonds. The smallest absolute Gasteiger partial charge is 0.309 e. The predicted molar refractivity (Wildman–Crippen MR) is 68.1 cm³/mol. The molecule has 3 N–H and O–H groups in total. The zero-order chi connectivity index (χ0) is 13.7. The maximum atomic E-state index is 11.1. The second kappa shape index (κ2) is 6.05. The van der Waals surface area contributed by atoms with Crippen molar-refractivity contribution in [3.63, 3.8) is 0 Å². The second-order valence-corrected chi connectivity index (χ2v) is 4.27. The number of carbonyl (C=O) groups excluding carboxylic acids is 2. The molecule has 0 spiro atoms. The minimum atomic E-state index is -0.993. The molecule has 0 bridgehead atoms. The van der Waals surface area contributed by atoms with Crippen LogP contribution in [0.3, 0.4) is 0 Å². The summed E-state index contributed by atoms with van der Waals surface area (Å²) in [4.78, 5) is 21.7. The van der Waals surface area contributed by atoms with Crippen LogP contribution >= 0.6 is 0 Å². The van der Waals surface area contributed by atoms with Crippen LogP contribution in [0.2, 0.25) is 0 Å². The Kier molecular flexibility index (Phi) is 4.71. The summed E-state index contributed by atoms with van der Waals surface area (Å²) >= 11 is 0. The minimum Gasteiger partial charge on any atom is -0.496 e. The molecule has 0 unspecified atom stereocenters. The van der Waals surface area contributed by atoms with Gasteiger partial charge in [-0.3, -0.25) is 9.59 Å². The van der Waals surface area contributed by atoms with Gasteiger partial charge in [0.1, 0.15) is 5.75 Å². The number of benzene rings is 1. The first-order valence-electron chi connectivity index (χ1n) is 5.70. The van der Waals surface area contributed by atoms with Gasteiger partial charge in [0, 0.05) is 12.1 Å². The van der Waals surface area contributed by atoms with Crippen molar-refractivity contribution >= 4 is 11.8 Å². The van der Waals surface area contributed by atoms with Gasteiger partial charge in [-0.25, -0.2) is 0 Å². The van der Waals surface area contributed by atoms with E-state index < -0.39 is 11.8 Å². The molecule has 1 aromatic rings. The molecule has 0 aliphatic carbocycles. The average Bonchev–Trinajstić information content (AvgIpc) is 2.35. The molecule has 98 valence electrons. The monoisotopic (exact) mass is 250 g/mol. The fourth-order valence-corrected chi connectivity index (χ4v) is 1.53. The molecule has 5 heteroatoms. The number of hydrogen-bond acceptors (Lipinski definition) is 3. The molecule has 18 heavy (non-hydrogen) atoms. The van der Waals surface area contributed by atoms with Crippen molar-refractivity contribution in [1.29, 1.82) is 0 Å². The lowest BCUT2D eigenvalue weighted by Crippen LogP contribution is -2.35. The Morgan fingerprint density at radius 3 is 2.56 bits per heavy atom. The zero-order valence-electron chi connectivity index (χ0n) is 10.8. The SMILES string of the molecule is COc1cc(C(C)C)ccc1CNC(=O)C(N)=O. The fraction of sp³-hybridized carbons (Fsp3) is 0.385. The summed E-state index contributed by atoms with van der Waals surface area (Å²) in [5.41, 5.74) is 6.80. The highest BCUT2D eigenvalue weighted by atomic mass is 16.5. The van der Waals surface area contributed by atoms with Crippen LogP contribution in [-0.4, -0.2) is 18.9 Å². The van der Waals surface area contributed by atoms with E-state index in [1.807, 2.05) is 18.2 Å². The third-order valence-electron chi connectivity index (χ3n) is 2.64. The fourth-order valence-electron chi connectivity index (χ4n) is 1.53. The molecule has 5 nitrogen and oxygen atoms in total. The van der Waals surface area contributed by atoms with E-state index in [1.54, 1.807) is 7.11 Å². The maximum Gasteiger partial charge on any atom is 0.309 e. The number of carbonyl (C=O) groups is 2. The van der Waals surface area contributed by atoms with Crippen LogP contribution in [0.4, 0.5) is 0 Å². The molecular formula is C13H18N2O3. The topological polar surface area (TPSA) is 81.4 Å². The molecule has 0 aliphatic heterocycles. The Labute approximate surface area is 106 Å². The molecular weight excluding hydrogens is 232 g/mol. The van der Waals surface area contributed by atoms with Crippen molar-refractivity contribution in [2.24, 2.45) is 5.73 Å². The largest absolute Gasteiger partial charge is 0.496 e. The zero-order valence-corrected chi connectivity index (χ0v) is 10.8. The van der Waals surface area contributed by atoms with Crippen LogP contribution in [0.25, 0.3) is 0 Å². The molecule has 0 aliphatic rings. The van der Waals surface area contributed by atoms with Gasteiger partial charge in [0.25, 0.3) is 0 Å². The van der Waals surface area contributed by atoms with Crippen molar-refractivity contribution in [3.8, 4) is 5.75 Å². The van der Waals surface area contributed by atoms with Gasteiger partial charge in [-0.1, -0.05) is 26.0 Å². The van der Waals surface area contributed by atoms with Crippen molar-refractivity contribution in [1.82, 2.24) is 5.32 Å². The summed E-state index contributed by atoms with van der Waals surface area (Å²) in [6.07, 6.45) is 0. The van der Waals surface area contributed by atoms with Gasteiger partial charge in [0.05, 0.1) is 7.11 Å². The van der Waals surface area contributed by atoms with Gasteiger partial charge in [-0.15, -0.1) is 0 Å². The van der Waals surface area contributed by atoms with Gasteiger partial charge in [0.15, 0.2) is 0 Å². The number of methoxy groups -OCH3 is 1. The van der Waals surface area contributed by atoms with Gasteiger partial charge in [-0.05, 0) is 17.5 Å². The Hall–Kier alpha value is -2.04. The van der Waals surface area contributed by atoms with E-state index in [9.17, 15) is 9.59 Å². The number of ether oxygens (including phenoxy) is 1. The normalized spacial score (nSPS) is 10.2. The van der Waals surface area contributed by atoms with E-state index in [1.165, 1.54) is 0 Å². The standard InChI is InChI=1S/C13H18N2O3/c1-8(2)9-4-5-10(11(6-9)18-3)7-15-13(17)12(14)16/h4-6,8H,7H2,1-3H3,(H2,14,16)(H,15,17). The van der Waals surface area contributed by atoms with Crippen LogP contribution in [-0.2, 0) is 16.1 Å². The highest BCUT2D eigenvalue weighted by molar-refractivity contribution is 6.34. The first-order chi connectivity index (χ1) is 8.45. The average molecular weight is 250 g/mol. The highest BCUT2D eigenvalue weighted by Gasteiger charge is 2.11. The minimum absolute atomic E-state index is 0.212. The summed E-state index contributed by atoms with van der Waals surface area (Å²) in [6.45, 7) is 4.38. The first-order valence-corrected chi connectivity index (χ1v) is 5.70. The molecule has 0 heterocycles. The molecule has 0 aromatic heterocycles. The van der Waals surface area contributed by atoms with Crippen LogP contribution in [0.1, 0.15) is 30.9 Å². The quantitative estimate of drug-likeness (QED) is 0.780. The third kappa shape index (κ3) is 3.48. The Balaban J connectivity index is 2.83. The lowest BCUT2D eigenvalue weighted by atomic mass is 10.0. The van der Waals surface area contributed by atoms with E-state index in [0.29, 0.717) is 11.7 Å². The van der Waals surface area contributed by atoms with E-state index in [4.69, 9.17) is 10.5 Å². The molecule has 1 aromatic carbocycles. The molecule has 0 saturated heterocycles. The van der Waals surface area contributed by atoms with Gasteiger partial charge in [0.2, 0.25) is 0 Å². The van der Waals surface area contributed by atoms with Crippen LogP contribution in [0.5, 0.6) is 5.75 Å². The molecule has 0 radical (unpaired) electrons. The van der Waals surface area contributed by atoms with Crippen molar-refractivity contribution < 1.29 is 14.3 Å². The summed E-state index contributed by atoms with van der Waals surface area (Å²) in [5, 5.41) is 2.43. The number of primary amides is 1. The van der Waals surface area contributed by atoms with E-state index >= 15 is 0 Å². The summed E-state index contributed by atoms with van der Waals surface area (Å²) in [5.74, 6) is -0.711. The molecule has 0 fully saturated rings. The number of rotatable bonds is 4. The molecule has 0 atom stereocenters. The maximum absolute atomic E-state index is 11.1. The van der Waals surface area contributed by atoms with Gasteiger partial charge in [-0.2, -0.15) is 0 Å². The molecule has 0 saturated carbocycles. The third-order valence-corrected chi connectivity index (χ3v) is 2.64. The lowest BCUT2D eigenvalue weighted by molar-refractivity contribution is -0.137. The van der Waals surface area contributed by atoms with E-state index in [0.717, 1.165) is 11.1 Å². The summed E-state index contributed by atoms with van der Waals surface area (Å²) < 4.78 is 5.26. The van der Waals surface area contributed by atoms with E-state index in [2.05, 4.69) is 19.2 Å². The van der Waals surface area contributed by atoms with Crippen LogP contribution < -0.4 is 15.8 Å². The Morgan fingerprint density at radius 2 is 2.06 bits per heavy atom. The van der Waals surface area contributed by atoms with Crippen LogP contribution in [0, 0.1) is 0 Å².